The Labute approximate surface area is 228 Å². The number of hydrogen-bond donors (Lipinski definition) is 2. The van der Waals surface area contributed by atoms with Gasteiger partial charge in [-0.05, 0) is 55.3 Å². The van der Waals surface area contributed by atoms with Gasteiger partial charge >= 0.3 is 0 Å². The molecule has 1 unspecified atom stereocenters. The summed E-state index contributed by atoms with van der Waals surface area (Å²) in [5.41, 5.74) is 3.76. The summed E-state index contributed by atoms with van der Waals surface area (Å²) in [6, 6.07) is 20.3. The average molecular weight is 557 g/mol. The zero-order valence-electron chi connectivity index (χ0n) is 19.5. The van der Waals surface area contributed by atoms with Gasteiger partial charge in [0.2, 0.25) is 5.91 Å². The summed E-state index contributed by atoms with van der Waals surface area (Å²) in [5.74, 6) is -0.298. The zero-order chi connectivity index (χ0) is 25.7. The fourth-order valence-electron chi connectivity index (χ4n) is 3.46. The molecule has 2 amide bonds. The van der Waals surface area contributed by atoms with E-state index in [1.807, 2.05) is 67.8 Å². The van der Waals surface area contributed by atoms with Gasteiger partial charge in [0.05, 0.1) is 21.0 Å². The minimum atomic E-state index is -0.329. The van der Waals surface area contributed by atoms with Gasteiger partial charge in [0.1, 0.15) is 0 Å². The average Bonchev–Trinajstić information content (AvgIpc) is 3.33. The molecule has 0 spiro atoms. The molecule has 0 aliphatic heterocycles. The van der Waals surface area contributed by atoms with Crippen molar-refractivity contribution in [3.05, 3.63) is 93.3 Å². The van der Waals surface area contributed by atoms with Crippen molar-refractivity contribution in [3.8, 4) is 11.3 Å². The van der Waals surface area contributed by atoms with Crippen LogP contribution in [0.1, 0.15) is 29.3 Å². The highest BCUT2D eigenvalue weighted by Crippen LogP contribution is 2.32. The molecule has 0 saturated heterocycles. The van der Waals surface area contributed by atoms with E-state index in [2.05, 4.69) is 15.6 Å². The number of rotatable bonds is 8. The summed E-state index contributed by atoms with van der Waals surface area (Å²) in [6.45, 7) is 3.87. The van der Waals surface area contributed by atoms with Crippen LogP contribution >= 0.6 is 46.3 Å². The first-order valence-electron chi connectivity index (χ1n) is 11.2. The van der Waals surface area contributed by atoms with Gasteiger partial charge in [-0.25, -0.2) is 4.98 Å². The molecule has 5 nitrogen and oxygen atoms in total. The van der Waals surface area contributed by atoms with Crippen LogP contribution in [0.4, 0.5) is 10.8 Å². The second kappa shape index (κ2) is 11.9. The second-order valence-electron chi connectivity index (χ2n) is 7.97. The van der Waals surface area contributed by atoms with Crippen LogP contribution in [-0.4, -0.2) is 22.0 Å². The molecule has 1 aromatic heterocycles. The number of aryl methyl sites for hydroxylation is 1. The first kappa shape index (κ1) is 26.2. The van der Waals surface area contributed by atoms with Crippen molar-refractivity contribution in [2.24, 2.45) is 0 Å². The van der Waals surface area contributed by atoms with E-state index in [1.54, 1.807) is 18.2 Å². The number of thiazole rings is 1. The number of amides is 2. The maximum atomic E-state index is 13.0. The third-order valence-electron chi connectivity index (χ3n) is 5.37. The quantitative estimate of drug-likeness (QED) is 0.215. The molecule has 3 aromatic carbocycles. The maximum absolute atomic E-state index is 13.0. The highest BCUT2D eigenvalue weighted by atomic mass is 35.5. The van der Waals surface area contributed by atoms with Gasteiger partial charge in [0.25, 0.3) is 5.91 Å². The third kappa shape index (κ3) is 6.48. The Morgan fingerprint density at radius 3 is 2.56 bits per heavy atom. The summed E-state index contributed by atoms with van der Waals surface area (Å²) in [6.07, 6.45) is 0.626. The topological polar surface area (TPSA) is 71.1 Å². The van der Waals surface area contributed by atoms with Crippen LogP contribution in [0.15, 0.2) is 77.0 Å². The van der Waals surface area contributed by atoms with Crippen LogP contribution in [0.25, 0.3) is 11.3 Å². The lowest BCUT2D eigenvalue weighted by molar-refractivity contribution is -0.115. The van der Waals surface area contributed by atoms with Crippen LogP contribution in [0, 0.1) is 6.92 Å². The molecule has 0 aliphatic carbocycles. The van der Waals surface area contributed by atoms with Crippen molar-refractivity contribution >= 4 is 68.9 Å². The number of halogens is 2. The lowest BCUT2D eigenvalue weighted by Crippen LogP contribution is -2.24. The number of anilines is 2. The molecule has 1 heterocycles. The van der Waals surface area contributed by atoms with Crippen LogP contribution in [0.2, 0.25) is 10.0 Å². The first-order valence-corrected chi connectivity index (χ1v) is 13.7. The van der Waals surface area contributed by atoms with E-state index < -0.39 is 0 Å². The number of carbonyl (C=O) groups excluding carboxylic acids is 2. The van der Waals surface area contributed by atoms with Crippen LogP contribution in [0.3, 0.4) is 0 Å². The second-order valence-corrected chi connectivity index (χ2v) is 10.9. The first-order chi connectivity index (χ1) is 17.3. The molecule has 4 aromatic rings. The highest BCUT2D eigenvalue weighted by molar-refractivity contribution is 8.00. The van der Waals surface area contributed by atoms with E-state index in [4.69, 9.17) is 23.2 Å². The third-order valence-corrected chi connectivity index (χ3v) is 8.23. The number of thioether (sulfide) groups is 1. The number of aromatic nitrogens is 1. The lowest BCUT2D eigenvalue weighted by atomic mass is 10.1. The van der Waals surface area contributed by atoms with E-state index in [0.29, 0.717) is 38.5 Å². The molecule has 4 rings (SSSR count). The summed E-state index contributed by atoms with van der Waals surface area (Å²) in [5, 5.41) is 8.85. The van der Waals surface area contributed by atoms with Crippen molar-refractivity contribution in [2.45, 2.75) is 30.4 Å². The van der Waals surface area contributed by atoms with Crippen molar-refractivity contribution in [1.29, 1.82) is 0 Å². The molecule has 0 aliphatic rings. The van der Waals surface area contributed by atoms with E-state index >= 15 is 0 Å². The predicted molar refractivity (Wildman–Crippen MR) is 152 cm³/mol. The number of nitrogens with one attached hydrogen (secondary N) is 2. The largest absolute Gasteiger partial charge is 0.322 e. The van der Waals surface area contributed by atoms with Gasteiger partial charge in [-0.15, -0.1) is 23.1 Å². The standard InChI is InChI=1S/C27H23Cl2N3O2S2/c1-3-24(26(34)32-27-31-23(15-35-27)17-11-12-21(28)22(29)13-17)36-19-9-6-8-18(14-19)30-25(33)20-10-5-4-7-16(20)2/h4-15,24H,3H2,1-2H3,(H,30,33)(H,31,32,34). The van der Waals surface area contributed by atoms with Gasteiger partial charge in [-0.3, -0.25) is 9.59 Å². The van der Waals surface area contributed by atoms with Gasteiger partial charge in [-0.2, -0.15) is 0 Å². The molecule has 36 heavy (non-hydrogen) atoms. The van der Waals surface area contributed by atoms with E-state index in [1.165, 1.54) is 23.1 Å². The molecule has 0 saturated carbocycles. The van der Waals surface area contributed by atoms with Crippen molar-refractivity contribution in [1.82, 2.24) is 4.98 Å². The highest BCUT2D eigenvalue weighted by Gasteiger charge is 2.20. The fraction of sp³-hybridized carbons (Fsp3) is 0.148. The van der Waals surface area contributed by atoms with Crippen molar-refractivity contribution < 1.29 is 9.59 Å². The monoisotopic (exact) mass is 555 g/mol. The Morgan fingerprint density at radius 2 is 1.81 bits per heavy atom. The summed E-state index contributed by atoms with van der Waals surface area (Å²) < 4.78 is 0. The Balaban J connectivity index is 1.41. The number of nitrogens with zero attached hydrogens (tertiary/aromatic N) is 1. The Kier molecular flexibility index (Phi) is 8.69. The van der Waals surface area contributed by atoms with Gasteiger partial charge < -0.3 is 10.6 Å². The maximum Gasteiger partial charge on any atom is 0.255 e. The van der Waals surface area contributed by atoms with E-state index in [0.717, 1.165) is 16.0 Å². The number of hydrogen-bond acceptors (Lipinski definition) is 5. The smallest absolute Gasteiger partial charge is 0.255 e. The molecule has 0 fully saturated rings. The van der Waals surface area contributed by atoms with Crippen molar-refractivity contribution in [2.75, 3.05) is 10.6 Å². The predicted octanol–water partition coefficient (Wildman–Crippen LogP) is 8.19. The molecular formula is C27H23Cl2N3O2S2. The normalized spacial score (nSPS) is 11.7. The lowest BCUT2D eigenvalue weighted by Gasteiger charge is -2.14. The van der Waals surface area contributed by atoms with Gasteiger partial charge in [0, 0.05) is 27.1 Å². The fourth-order valence-corrected chi connectivity index (χ4v) is 5.50. The molecular weight excluding hydrogens is 533 g/mol. The molecule has 2 N–H and O–H groups in total. The molecule has 0 radical (unpaired) electrons. The molecule has 1 atom stereocenters. The van der Waals surface area contributed by atoms with Crippen molar-refractivity contribution in [3.63, 3.8) is 0 Å². The van der Waals surface area contributed by atoms with Gasteiger partial charge in [0.15, 0.2) is 5.13 Å². The minimum absolute atomic E-state index is 0.133. The van der Waals surface area contributed by atoms with Crippen LogP contribution in [-0.2, 0) is 4.79 Å². The van der Waals surface area contributed by atoms with E-state index in [9.17, 15) is 9.59 Å². The molecule has 9 heteroatoms. The van der Waals surface area contributed by atoms with Gasteiger partial charge in [-0.1, -0.05) is 60.5 Å². The molecule has 0 bridgehead atoms. The Bertz CT molecular complexity index is 1410. The van der Waals surface area contributed by atoms with Crippen LogP contribution in [0.5, 0.6) is 0 Å². The molecule has 184 valence electrons. The summed E-state index contributed by atoms with van der Waals surface area (Å²) >= 11 is 14.9. The summed E-state index contributed by atoms with van der Waals surface area (Å²) in [7, 11) is 0. The Hall–Kier alpha value is -2.84. The van der Waals surface area contributed by atoms with E-state index in [-0.39, 0.29) is 17.1 Å². The minimum Gasteiger partial charge on any atom is -0.322 e. The zero-order valence-corrected chi connectivity index (χ0v) is 22.7. The number of benzene rings is 3. The van der Waals surface area contributed by atoms with Crippen LogP contribution < -0.4 is 10.6 Å². The SMILES string of the molecule is CCC(Sc1cccc(NC(=O)c2ccccc2C)c1)C(=O)Nc1nc(-c2ccc(Cl)c(Cl)c2)cs1. The number of carbonyl (C=O) groups is 2. The Morgan fingerprint density at radius 1 is 1.00 bits per heavy atom. The summed E-state index contributed by atoms with van der Waals surface area (Å²) in [4.78, 5) is 31.1.